The van der Waals surface area contributed by atoms with E-state index in [0.29, 0.717) is 5.76 Å². The number of likely N-dealkylation sites (tertiary alicyclic amines) is 1. The zero-order valence-electron chi connectivity index (χ0n) is 23.6. The Balaban J connectivity index is 1.31. The molecule has 2 fully saturated rings. The molecule has 4 rings (SSSR count). The van der Waals surface area contributed by atoms with Gasteiger partial charge in [0.15, 0.2) is 5.76 Å². The van der Waals surface area contributed by atoms with Gasteiger partial charge in [0.2, 0.25) is 0 Å². The minimum Gasteiger partial charge on any atom is -0.480 e. The van der Waals surface area contributed by atoms with Crippen molar-refractivity contribution in [1.82, 2.24) is 10.2 Å². The number of hydrogen-bond donors (Lipinski definition) is 4. The van der Waals surface area contributed by atoms with Gasteiger partial charge in [-0.2, -0.15) is 0 Å². The molecule has 222 valence electrons. The van der Waals surface area contributed by atoms with Crippen LogP contribution in [0.3, 0.4) is 0 Å². The summed E-state index contributed by atoms with van der Waals surface area (Å²) in [6.07, 6.45) is 8.32. The quantitative estimate of drug-likeness (QED) is 0.264. The average Bonchev–Trinajstić information content (AvgIpc) is 3.44. The molecule has 1 saturated heterocycles. The molecule has 0 bridgehead atoms. The highest BCUT2D eigenvalue weighted by atomic mass is 16.4. The Morgan fingerprint density at radius 1 is 0.927 bits per heavy atom. The van der Waals surface area contributed by atoms with Crippen LogP contribution < -0.4 is 5.32 Å². The number of hydrogen-bond acceptors (Lipinski definition) is 6. The molecule has 1 aliphatic carbocycles. The van der Waals surface area contributed by atoms with Crippen molar-refractivity contribution in [3.63, 3.8) is 0 Å². The molecule has 0 spiro atoms. The van der Waals surface area contributed by atoms with Crippen molar-refractivity contribution in [2.75, 3.05) is 19.6 Å². The molecule has 0 atom stereocenters. The lowest BCUT2D eigenvalue weighted by atomic mass is 9.66. The summed E-state index contributed by atoms with van der Waals surface area (Å²) < 4.78 is 5.55. The summed E-state index contributed by atoms with van der Waals surface area (Å²) in [5, 5.41) is 31.7. The predicted molar refractivity (Wildman–Crippen MR) is 151 cm³/mol. The van der Waals surface area contributed by atoms with Crippen LogP contribution in [0, 0.1) is 17.8 Å². The number of piperidine rings is 1. The molecular weight excluding hydrogens is 528 g/mol. The second kappa shape index (κ2) is 12.9. The van der Waals surface area contributed by atoms with Crippen molar-refractivity contribution >= 4 is 23.8 Å². The number of nitrogens with zero attached hydrogens (tertiary/aromatic N) is 1. The van der Waals surface area contributed by atoms with Crippen LogP contribution in [-0.2, 0) is 14.4 Å². The fourth-order valence-corrected chi connectivity index (χ4v) is 6.37. The normalized spacial score (nSPS) is 18.1. The van der Waals surface area contributed by atoms with E-state index in [1.807, 2.05) is 31.2 Å². The lowest BCUT2D eigenvalue weighted by Crippen LogP contribution is -2.48. The Labute approximate surface area is 239 Å². The maximum atomic E-state index is 13.0. The fraction of sp³-hybridized carbons (Fsp3) is 0.548. The van der Waals surface area contributed by atoms with Gasteiger partial charge in [-0.05, 0) is 75.5 Å². The largest absolute Gasteiger partial charge is 0.480 e. The van der Waals surface area contributed by atoms with Crippen LogP contribution in [0.1, 0.15) is 80.3 Å². The summed E-state index contributed by atoms with van der Waals surface area (Å²) in [5.41, 5.74) is -0.281. The molecule has 2 aromatic rings. The highest BCUT2D eigenvalue weighted by Gasteiger charge is 2.55. The van der Waals surface area contributed by atoms with Gasteiger partial charge in [-0.1, -0.05) is 49.1 Å². The van der Waals surface area contributed by atoms with Crippen molar-refractivity contribution in [2.24, 2.45) is 10.8 Å². The molecular formula is C31H40N2O8. The average molecular weight is 569 g/mol. The number of carbonyl (C=O) groups is 4. The smallest absolute Gasteiger partial charge is 0.332 e. The summed E-state index contributed by atoms with van der Waals surface area (Å²) in [7, 11) is 0. The number of nitrogens with one attached hydrogen (secondary N) is 1. The molecule has 2 heterocycles. The van der Waals surface area contributed by atoms with Crippen LogP contribution in [-0.4, -0.2) is 69.7 Å². The molecule has 41 heavy (non-hydrogen) atoms. The number of rotatable bonds is 12. The minimum atomic E-state index is -2.83. The van der Waals surface area contributed by atoms with Gasteiger partial charge in [0.25, 0.3) is 11.3 Å². The standard InChI is InChI=1S/C31H40N2O8/c1-21-5-7-22(8-6-21)24-11-20-41-25(24)26(34)32-23-9-17-33(18-10-23)19-16-30(12-3-2-4-13-30)14-15-31(27(35)36,28(37)38)29(39)40/h5-8,11,20,23H,2-4,9-10,12-19H2,1H3,(H,32,34)(H,35,36)(H,37,38)(H,39,40). The van der Waals surface area contributed by atoms with Gasteiger partial charge in [0.05, 0.1) is 6.26 Å². The van der Waals surface area contributed by atoms with Crippen LogP contribution in [0.4, 0.5) is 0 Å². The molecule has 1 aliphatic heterocycles. The minimum absolute atomic E-state index is 0.0145. The lowest BCUT2D eigenvalue weighted by Gasteiger charge is -2.41. The highest BCUT2D eigenvalue weighted by Crippen LogP contribution is 2.46. The first-order chi connectivity index (χ1) is 19.6. The molecule has 0 unspecified atom stereocenters. The van der Waals surface area contributed by atoms with E-state index in [9.17, 15) is 34.5 Å². The summed E-state index contributed by atoms with van der Waals surface area (Å²) >= 11 is 0. The molecule has 10 nitrogen and oxygen atoms in total. The number of aliphatic carboxylic acids is 3. The number of aryl methyl sites for hydroxylation is 1. The Morgan fingerprint density at radius 2 is 1.54 bits per heavy atom. The van der Waals surface area contributed by atoms with E-state index in [0.717, 1.165) is 87.7 Å². The molecule has 4 N–H and O–H groups in total. The monoisotopic (exact) mass is 568 g/mol. The summed E-state index contributed by atoms with van der Waals surface area (Å²) in [5.74, 6) is -5.41. The van der Waals surface area contributed by atoms with Crippen molar-refractivity contribution in [1.29, 1.82) is 0 Å². The van der Waals surface area contributed by atoms with Gasteiger partial charge in [0, 0.05) is 24.7 Å². The molecule has 1 aromatic heterocycles. The number of furan rings is 1. The van der Waals surface area contributed by atoms with E-state index >= 15 is 0 Å². The van der Waals surface area contributed by atoms with Crippen LogP contribution in [0.5, 0.6) is 0 Å². The van der Waals surface area contributed by atoms with Crippen LogP contribution in [0.25, 0.3) is 11.1 Å². The topological polar surface area (TPSA) is 157 Å². The van der Waals surface area contributed by atoms with Gasteiger partial charge < -0.3 is 30.0 Å². The van der Waals surface area contributed by atoms with E-state index in [2.05, 4.69) is 10.2 Å². The second-order valence-electron chi connectivity index (χ2n) is 11.8. The van der Waals surface area contributed by atoms with Crippen LogP contribution >= 0.6 is 0 Å². The summed E-state index contributed by atoms with van der Waals surface area (Å²) in [6, 6.07) is 9.76. The maximum absolute atomic E-state index is 13.0. The fourth-order valence-electron chi connectivity index (χ4n) is 6.37. The third kappa shape index (κ3) is 6.81. The Hall–Kier alpha value is -3.66. The molecule has 1 amide bonds. The number of carboxylic acid groups (broad SMARTS) is 3. The van der Waals surface area contributed by atoms with Crippen LogP contribution in [0.2, 0.25) is 0 Å². The van der Waals surface area contributed by atoms with Gasteiger partial charge in [-0.3, -0.25) is 19.2 Å². The second-order valence-corrected chi connectivity index (χ2v) is 11.8. The molecule has 10 heteroatoms. The van der Waals surface area contributed by atoms with E-state index in [1.54, 1.807) is 6.07 Å². The first-order valence-corrected chi connectivity index (χ1v) is 14.4. The zero-order chi connectivity index (χ0) is 29.6. The molecule has 2 aliphatic rings. The SMILES string of the molecule is Cc1ccc(-c2ccoc2C(=O)NC2CCN(CCC3(CCC(C(=O)O)(C(=O)O)C(=O)O)CCCCC3)CC2)cc1. The van der Waals surface area contributed by atoms with E-state index in [1.165, 1.54) is 6.26 Å². The Bertz CT molecular complexity index is 1200. The summed E-state index contributed by atoms with van der Waals surface area (Å²) in [4.78, 5) is 50.7. The summed E-state index contributed by atoms with van der Waals surface area (Å²) in [6.45, 7) is 4.34. The molecule has 1 saturated carbocycles. The van der Waals surface area contributed by atoms with Gasteiger partial charge in [-0.25, -0.2) is 0 Å². The molecule has 1 aromatic carbocycles. The number of benzene rings is 1. The van der Waals surface area contributed by atoms with Crippen molar-refractivity contribution in [2.45, 2.75) is 77.2 Å². The van der Waals surface area contributed by atoms with E-state index in [4.69, 9.17) is 4.42 Å². The number of carbonyl (C=O) groups excluding carboxylic acids is 1. The van der Waals surface area contributed by atoms with Gasteiger partial charge in [-0.15, -0.1) is 0 Å². The van der Waals surface area contributed by atoms with E-state index < -0.39 is 29.7 Å². The van der Waals surface area contributed by atoms with Crippen LogP contribution in [0.15, 0.2) is 41.0 Å². The first kappa shape index (κ1) is 30.3. The number of carboxylic acids is 3. The third-order valence-electron chi connectivity index (χ3n) is 9.16. The lowest BCUT2D eigenvalue weighted by molar-refractivity contribution is -0.176. The maximum Gasteiger partial charge on any atom is 0.332 e. The van der Waals surface area contributed by atoms with Crippen molar-refractivity contribution in [3.05, 3.63) is 47.9 Å². The van der Waals surface area contributed by atoms with Gasteiger partial charge in [0.1, 0.15) is 0 Å². The third-order valence-corrected chi connectivity index (χ3v) is 9.16. The van der Waals surface area contributed by atoms with Gasteiger partial charge >= 0.3 is 17.9 Å². The highest BCUT2D eigenvalue weighted by molar-refractivity contribution is 6.16. The van der Waals surface area contributed by atoms with Crippen molar-refractivity contribution < 1.29 is 38.9 Å². The first-order valence-electron chi connectivity index (χ1n) is 14.4. The predicted octanol–water partition coefficient (Wildman–Crippen LogP) is 4.81. The zero-order valence-corrected chi connectivity index (χ0v) is 23.6. The van der Waals surface area contributed by atoms with Crippen molar-refractivity contribution in [3.8, 4) is 11.1 Å². The Kier molecular flexibility index (Phi) is 9.53. The number of amides is 1. The molecule has 0 radical (unpaired) electrons. The van der Waals surface area contributed by atoms with E-state index in [-0.39, 0.29) is 23.8 Å². The Morgan fingerprint density at radius 3 is 2.12 bits per heavy atom.